The monoisotopic (exact) mass is 306 g/mol. The first-order chi connectivity index (χ1) is 9.79. The van der Waals surface area contributed by atoms with Crippen LogP contribution in [-0.2, 0) is 12.1 Å². The van der Waals surface area contributed by atoms with Gasteiger partial charge in [0.1, 0.15) is 6.61 Å². The Kier molecular flexibility index (Phi) is 4.37. The lowest BCUT2D eigenvalue weighted by Gasteiger charge is -2.21. The van der Waals surface area contributed by atoms with Crippen LogP contribution in [0, 0.1) is 6.92 Å². The third kappa shape index (κ3) is 3.64. The Balaban J connectivity index is 2.20. The number of halogens is 1. The zero-order valence-electron chi connectivity index (χ0n) is 12.7. The van der Waals surface area contributed by atoms with Crippen molar-refractivity contribution in [1.29, 1.82) is 0 Å². The van der Waals surface area contributed by atoms with Gasteiger partial charge in [0, 0.05) is 0 Å². The molecule has 0 fully saturated rings. The normalized spacial score (nSPS) is 11.5. The summed E-state index contributed by atoms with van der Waals surface area (Å²) in [6, 6.07) is 7.98. The fraction of sp³-hybridized carbons (Fsp3) is 0.375. The second-order valence-electron chi connectivity index (χ2n) is 5.98. The first kappa shape index (κ1) is 15.6. The van der Waals surface area contributed by atoms with Crippen LogP contribution < -0.4 is 10.3 Å². The Morgan fingerprint density at radius 3 is 2.43 bits per heavy atom. The minimum Gasteiger partial charge on any atom is -0.485 e. The molecule has 0 bridgehead atoms. The molecular formula is C16H19ClN2O2. The van der Waals surface area contributed by atoms with Gasteiger partial charge in [0.25, 0.3) is 5.56 Å². The molecular weight excluding hydrogens is 288 g/mol. The molecule has 2 aromatic rings. The SMILES string of the molecule is Cc1ccc(COc2cnn(C(C)(C)C)c(=O)c2Cl)cc1. The molecule has 0 aliphatic rings. The lowest BCUT2D eigenvalue weighted by Crippen LogP contribution is -2.36. The van der Waals surface area contributed by atoms with Crippen LogP contribution in [0.15, 0.2) is 35.3 Å². The number of hydrogen-bond acceptors (Lipinski definition) is 3. The summed E-state index contributed by atoms with van der Waals surface area (Å²) in [6.07, 6.45) is 1.49. The quantitative estimate of drug-likeness (QED) is 0.871. The molecule has 0 N–H and O–H groups in total. The average Bonchev–Trinajstić information content (AvgIpc) is 2.41. The molecule has 2 rings (SSSR count). The number of aryl methyl sites for hydroxylation is 1. The molecule has 1 aromatic carbocycles. The van der Waals surface area contributed by atoms with Crippen LogP contribution in [0.2, 0.25) is 5.02 Å². The van der Waals surface area contributed by atoms with Gasteiger partial charge in [0.05, 0.1) is 11.7 Å². The van der Waals surface area contributed by atoms with E-state index in [1.165, 1.54) is 16.4 Å². The summed E-state index contributed by atoms with van der Waals surface area (Å²) in [6.45, 7) is 8.05. The van der Waals surface area contributed by atoms with E-state index in [0.29, 0.717) is 12.4 Å². The van der Waals surface area contributed by atoms with Crippen LogP contribution in [0.5, 0.6) is 5.75 Å². The predicted octanol–water partition coefficient (Wildman–Crippen LogP) is 3.54. The third-order valence-electron chi connectivity index (χ3n) is 3.04. The van der Waals surface area contributed by atoms with E-state index in [-0.39, 0.29) is 10.6 Å². The average molecular weight is 307 g/mol. The number of hydrogen-bond donors (Lipinski definition) is 0. The van der Waals surface area contributed by atoms with Gasteiger partial charge in [-0.25, -0.2) is 4.68 Å². The van der Waals surface area contributed by atoms with Crippen molar-refractivity contribution in [2.75, 3.05) is 0 Å². The minimum absolute atomic E-state index is 0.0621. The summed E-state index contributed by atoms with van der Waals surface area (Å²) >= 11 is 6.10. The third-order valence-corrected chi connectivity index (χ3v) is 3.39. The van der Waals surface area contributed by atoms with E-state index in [1.807, 2.05) is 52.0 Å². The largest absolute Gasteiger partial charge is 0.485 e. The molecule has 0 saturated heterocycles. The van der Waals surface area contributed by atoms with Gasteiger partial charge in [-0.15, -0.1) is 0 Å². The van der Waals surface area contributed by atoms with Crippen molar-refractivity contribution < 1.29 is 4.74 Å². The maximum absolute atomic E-state index is 12.2. The molecule has 0 radical (unpaired) electrons. The zero-order chi connectivity index (χ0) is 15.6. The van der Waals surface area contributed by atoms with E-state index in [0.717, 1.165) is 5.56 Å². The lowest BCUT2D eigenvalue weighted by atomic mass is 10.1. The van der Waals surface area contributed by atoms with E-state index in [2.05, 4.69) is 5.10 Å². The molecule has 0 spiro atoms. The lowest BCUT2D eigenvalue weighted by molar-refractivity contribution is 0.292. The van der Waals surface area contributed by atoms with Crippen LogP contribution in [0.4, 0.5) is 0 Å². The van der Waals surface area contributed by atoms with Crippen molar-refractivity contribution in [3.8, 4) is 5.75 Å². The van der Waals surface area contributed by atoms with Gasteiger partial charge in [-0.3, -0.25) is 4.79 Å². The Hall–Kier alpha value is -1.81. The van der Waals surface area contributed by atoms with E-state index < -0.39 is 5.54 Å². The maximum Gasteiger partial charge on any atom is 0.289 e. The summed E-state index contributed by atoms with van der Waals surface area (Å²) < 4.78 is 6.96. The van der Waals surface area contributed by atoms with Crippen molar-refractivity contribution >= 4 is 11.6 Å². The van der Waals surface area contributed by atoms with Gasteiger partial charge in [-0.1, -0.05) is 41.4 Å². The molecule has 0 saturated carbocycles. The van der Waals surface area contributed by atoms with Crippen molar-refractivity contribution in [2.24, 2.45) is 0 Å². The van der Waals surface area contributed by atoms with Crippen molar-refractivity contribution in [3.63, 3.8) is 0 Å². The van der Waals surface area contributed by atoms with Gasteiger partial charge in [0.15, 0.2) is 10.8 Å². The predicted molar refractivity (Wildman–Crippen MR) is 84.0 cm³/mol. The first-order valence-electron chi connectivity index (χ1n) is 6.75. The van der Waals surface area contributed by atoms with Crippen molar-refractivity contribution in [3.05, 3.63) is 57.0 Å². The molecule has 0 unspecified atom stereocenters. The zero-order valence-corrected chi connectivity index (χ0v) is 13.4. The van der Waals surface area contributed by atoms with E-state index in [4.69, 9.17) is 16.3 Å². The highest BCUT2D eigenvalue weighted by Crippen LogP contribution is 2.21. The first-order valence-corrected chi connectivity index (χ1v) is 7.13. The van der Waals surface area contributed by atoms with Crippen LogP contribution in [-0.4, -0.2) is 9.78 Å². The summed E-state index contributed by atoms with van der Waals surface area (Å²) in [7, 11) is 0. The van der Waals surface area contributed by atoms with Gasteiger partial charge in [-0.2, -0.15) is 5.10 Å². The summed E-state index contributed by atoms with van der Waals surface area (Å²) in [4.78, 5) is 12.2. The number of rotatable bonds is 3. The standard InChI is InChI=1S/C16H19ClN2O2/c1-11-5-7-12(8-6-11)10-21-13-9-18-19(16(2,3)4)15(20)14(13)17/h5-9H,10H2,1-4H3. The molecule has 0 aliphatic carbocycles. The molecule has 21 heavy (non-hydrogen) atoms. The highest BCUT2D eigenvalue weighted by Gasteiger charge is 2.19. The molecule has 1 aromatic heterocycles. The second-order valence-corrected chi connectivity index (χ2v) is 6.36. The molecule has 1 heterocycles. The van der Waals surface area contributed by atoms with Crippen LogP contribution in [0.3, 0.4) is 0 Å². The second kappa shape index (κ2) is 5.90. The summed E-state index contributed by atoms with van der Waals surface area (Å²) in [5.41, 5.74) is 1.43. The summed E-state index contributed by atoms with van der Waals surface area (Å²) in [5.74, 6) is 0.308. The highest BCUT2D eigenvalue weighted by molar-refractivity contribution is 6.31. The minimum atomic E-state index is -0.420. The Morgan fingerprint density at radius 2 is 1.86 bits per heavy atom. The topological polar surface area (TPSA) is 44.1 Å². The fourth-order valence-electron chi connectivity index (χ4n) is 1.84. The number of ether oxygens (including phenoxy) is 1. The molecule has 4 nitrogen and oxygen atoms in total. The van der Waals surface area contributed by atoms with E-state index in [9.17, 15) is 4.79 Å². The smallest absolute Gasteiger partial charge is 0.289 e. The molecule has 5 heteroatoms. The van der Waals surface area contributed by atoms with Gasteiger partial charge >= 0.3 is 0 Å². The van der Waals surface area contributed by atoms with Gasteiger partial charge < -0.3 is 4.74 Å². The maximum atomic E-state index is 12.2. The number of aromatic nitrogens is 2. The molecule has 0 aliphatic heterocycles. The number of benzene rings is 1. The molecule has 0 atom stereocenters. The fourth-order valence-corrected chi connectivity index (χ4v) is 2.02. The van der Waals surface area contributed by atoms with Gasteiger partial charge in [0.2, 0.25) is 0 Å². The van der Waals surface area contributed by atoms with Crippen molar-refractivity contribution in [2.45, 2.75) is 39.8 Å². The molecule has 112 valence electrons. The van der Waals surface area contributed by atoms with E-state index >= 15 is 0 Å². The summed E-state index contributed by atoms with van der Waals surface area (Å²) in [5, 5.41) is 4.19. The highest BCUT2D eigenvalue weighted by atomic mass is 35.5. The Bertz CT molecular complexity index is 685. The number of nitrogens with zero attached hydrogens (tertiary/aromatic N) is 2. The Labute approximate surface area is 129 Å². The van der Waals surface area contributed by atoms with Crippen LogP contribution >= 0.6 is 11.6 Å². The molecule has 0 amide bonds. The van der Waals surface area contributed by atoms with Crippen LogP contribution in [0.25, 0.3) is 0 Å². The Morgan fingerprint density at radius 1 is 1.24 bits per heavy atom. The van der Waals surface area contributed by atoms with Gasteiger partial charge in [-0.05, 0) is 33.3 Å². The van der Waals surface area contributed by atoms with Crippen molar-refractivity contribution in [1.82, 2.24) is 9.78 Å². The van der Waals surface area contributed by atoms with Crippen LogP contribution in [0.1, 0.15) is 31.9 Å². The van der Waals surface area contributed by atoms with E-state index in [1.54, 1.807) is 0 Å².